The van der Waals surface area contributed by atoms with Gasteiger partial charge >= 0.3 is 6.03 Å². The van der Waals surface area contributed by atoms with Crippen LogP contribution in [0.15, 0.2) is 30.3 Å². The van der Waals surface area contributed by atoms with Gasteiger partial charge in [0.15, 0.2) is 0 Å². The Balaban J connectivity index is 2.59. The molecular formula is C9H12N2O. The van der Waals surface area contributed by atoms with E-state index >= 15 is 0 Å². The van der Waals surface area contributed by atoms with Gasteiger partial charge in [-0.25, -0.2) is 4.79 Å². The predicted molar refractivity (Wildman–Crippen MR) is 49.1 cm³/mol. The van der Waals surface area contributed by atoms with E-state index in [1.807, 2.05) is 30.3 Å². The molecular weight excluding hydrogens is 152 g/mol. The van der Waals surface area contributed by atoms with E-state index in [2.05, 4.69) is 5.32 Å². The zero-order valence-corrected chi connectivity index (χ0v) is 7.24. The number of hydrogen-bond donors (Lipinski definition) is 1. The number of carbonyl (C=O) groups is 1. The lowest BCUT2D eigenvalue weighted by Gasteiger charge is -2.11. The SMILES string of the molecule is CN(C)C(=O)Nc1ccccc1. The van der Waals surface area contributed by atoms with E-state index in [1.165, 1.54) is 4.90 Å². The van der Waals surface area contributed by atoms with Crippen molar-refractivity contribution in [2.45, 2.75) is 0 Å². The van der Waals surface area contributed by atoms with Gasteiger partial charge in [-0.3, -0.25) is 0 Å². The molecule has 0 aliphatic carbocycles. The van der Waals surface area contributed by atoms with Gasteiger partial charge in [0.05, 0.1) is 0 Å². The standard InChI is InChI=1S/C9H12N2O/c1-11(2)9(12)10-8-6-4-3-5-7-8/h3-7H,1-2H3,(H,10,12). The highest BCUT2D eigenvalue weighted by Crippen LogP contribution is 2.04. The van der Waals surface area contributed by atoms with E-state index in [4.69, 9.17) is 0 Å². The highest BCUT2D eigenvalue weighted by molar-refractivity contribution is 5.88. The fourth-order valence-corrected chi connectivity index (χ4v) is 0.757. The van der Waals surface area contributed by atoms with E-state index in [1.54, 1.807) is 14.1 Å². The number of amides is 2. The van der Waals surface area contributed by atoms with E-state index < -0.39 is 0 Å². The molecule has 64 valence electrons. The van der Waals surface area contributed by atoms with Crippen LogP contribution in [0.1, 0.15) is 0 Å². The van der Waals surface area contributed by atoms with Crippen LogP contribution in [0, 0.1) is 0 Å². The first-order valence-corrected chi connectivity index (χ1v) is 3.73. The minimum Gasteiger partial charge on any atom is -0.331 e. The Kier molecular flexibility index (Phi) is 2.69. The Labute approximate surface area is 72.0 Å². The van der Waals surface area contributed by atoms with Gasteiger partial charge in [0.25, 0.3) is 0 Å². The summed E-state index contributed by atoms with van der Waals surface area (Å²) in [5, 5.41) is 2.73. The zero-order chi connectivity index (χ0) is 8.97. The Hall–Kier alpha value is -1.51. The Morgan fingerprint density at radius 3 is 2.33 bits per heavy atom. The molecule has 3 nitrogen and oxygen atoms in total. The molecule has 2 amide bonds. The molecule has 1 N–H and O–H groups in total. The second kappa shape index (κ2) is 3.76. The molecule has 1 aromatic carbocycles. The Morgan fingerprint density at radius 1 is 1.25 bits per heavy atom. The van der Waals surface area contributed by atoms with E-state index in [0.717, 1.165) is 5.69 Å². The lowest BCUT2D eigenvalue weighted by Crippen LogP contribution is -2.27. The molecule has 0 saturated carbocycles. The maximum Gasteiger partial charge on any atom is 0.321 e. The molecule has 3 heteroatoms. The van der Waals surface area contributed by atoms with Gasteiger partial charge in [-0.05, 0) is 12.1 Å². The average Bonchev–Trinajstić information content (AvgIpc) is 2.06. The third-order valence-electron chi connectivity index (χ3n) is 1.43. The highest BCUT2D eigenvalue weighted by atomic mass is 16.2. The summed E-state index contributed by atoms with van der Waals surface area (Å²) >= 11 is 0. The lowest BCUT2D eigenvalue weighted by atomic mass is 10.3. The monoisotopic (exact) mass is 164 g/mol. The molecule has 12 heavy (non-hydrogen) atoms. The van der Waals surface area contributed by atoms with Crippen molar-refractivity contribution < 1.29 is 4.79 Å². The molecule has 0 aliphatic rings. The van der Waals surface area contributed by atoms with Crippen molar-refractivity contribution in [3.63, 3.8) is 0 Å². The summed E-state index contributed by atoms with van der Waals surface area (Å²) < 4.78 is 0. The van der Waals surface area contributed by atoms with Crippen LogP contribution >= 0.6 is 0 Å². The van der Waals surface area contributed by atoms with Crippen LogP contribution < -0.4 is 5.32 Å². The summed E-state index contributed by atoms with van der Waals surface area (Å²) in [6.07, 6.45) is 0. The first-order chi connectivity index (χ1) is 5.70. The molecule has 0 heterocycles. The quantitative estimate of drug-likeness (QED) is 0.674. The number of rotatable bonds is 1. The summed E-state index contributed by atoms with van der Waals surface area (Å²) in [6.45, 7) is 0. The van der Waals surface area contributed by atoms with Gasteiger partial charge in [-0.15, -0.1) is 0 Å². The summed E-state index contributed by atoms with van der Waals surface area (Å²) in [5.74, 6) is 0. The first kappa shape index (κ1) is 8.59. The fraction of sp³-hybridized carbons (Fsp3) is 0.222. The van der Waals surface area contributed by atoms with Gasteiger partial charge in [0, 0.05) is 19.8 Å². The topological polar surface area (TPSA) is 32.3 Å². The molecule has 0 aliphatic heterocycles. The van der Waals surface area contributed by atoms with Crippen LogP contribution in [-0.2, 0) is 0 Å². The van der Waals surface area contributed by atoms with Crippen LogP contribution in [0.2, 0.25) is 0 Å². The normalized spacial score (nSPS) is 9.17. The second-order valence-corrected chi connectivity index (χ2v) is 2.69. The molecule has 0 spiro atoms. The average molecular weight is 164 g/mol. The van der Waals surface area contributed by atoms with Crippen molar-refractivity contribution in [2.75, 3.05) is 19.4 Å². The summed E-state index contributed by atoms with van der Waals surface area (Å²) in [7, 11) is 3.41. The van der Waals surface area contributed by atoms with Crippen molar-refractivity contribution in [1.82, 2.24) is 4.90 Å². The van der Waals surface area contributed by atoms with Gasteiger partial charge in [0.2, 0.25) is 0 Å². The molecule has 0 unspecified atom stereocenters. The zero-order valence-electron chi connectivity index (χ0n) is 7.24. The van der Waals surface area contributed by atoms with E-state index in [-0.39, 0.29) is 6.03 Å². The molecule has 0 fully saturated rings. The van der Waals surface area contributed by atoms with Crippen molar-refractivity contribution >= 4 is 11.7 Å². The van der Waals surface area contributed by atoms with Crippen LogP contribution in [0.4, 0.5) is 10.5 Å². The van der Waals surface area contributed by atoms with Gasteiger partial charge in [0.1, 0.15) is 0 Å². The van der Waals surface area contributed by atoms with Crippen LogP contribution in [0.3, 0.4) is 0 Å². The minimum absolute atomic E-state index is 0.110. The molecule has 0 saturated heterocycles. The third kappa shape index (κ3) is 2.27. The summed E-state index contributed by atoms with van der Waals surface area (Å²) in [4.78, 5) is 12.6. The third-order valence-corrected chi connectivity index (χ3v) is 1.43. The van der Waals surface area contributed by atoms with Crippen LogP contribution in [-0.4, -0.2) is 25.0 Å². The minimum atomic E-state index is -0.110. The number of hydrogen-bond acceptors (Lipinski definition) is 1. The number of urea groups is 1. The van der Waals surface area contributed by atoms with Crippen molar-refractivity contribution in [3.8, 4) is 0 Å². The Bertz CT molecular complexity index is 256. The number of nitrogens with one attached hydrogen (secondary N) is 1. The van der Waals surface area contributed by atoms with Crippen LogP contribution in [0.25, 0.3) is 0 Å². The largest absolute Gasteiger partial charge is 0.331 e. The van der Waals surface area contributed by atoms with Crippen molar-refractivity contribution in [2.24, 2.45) is 0 Å². The van der Waals surface area contributed by atoms with Crippen LogP contribution in [0.5, 0.6) is 0 Å². The molecule has 0 atom stereocenters. The van der Waals surface area contributed by atoms with Gasteiger partial charge < -0.3 is 10.2 Å². The fourth-order valence-electron chi connectivity index (χ4n) is 0.757. The maximum absolute atomic E-state index is 11.1. The molecule has 1 rings (SSSR count). The van der Waals surface area contributed by atoms with E-state index in [0.29, 0.717) is 0 Å². The molecule has 0 bridgehead atoms. The maximum atomic E-state index is 11.1. The number of para-hydroxylation sites is 1. The second-order valence-electron chi connectivity index (χ2n) is 2.69. The summed E-state index contributed by atoms with van der Waals surface area (Å²) in [6, 6.07) is 9.26. The number of carbonyl (C=O) groups excluding carboxylic acids is 1. The predicted octanol–water partition coefficient (Wildman–Crippen LogP) is 1.78. The molecule has 1 aromatic rings. The van der Waals surface area contributed by atoms with Crippen molar-refractivity contribution in [1.29, 1.82) is 0 Å². The summed E-state index contributed by atoms with van der Waals surface area (Å²) in [5.41, 5.74) is 0.816. The van der Waals surface area contributed by atoms with Gasteiger partial charge in [-0.2, -0.15) is 0 Å². The first-order valence-electron chi connectivity index (χ1n) is 3.73. The number of anilines is 1. The Morgan fingerprint density at radius 2 is 1.83 bits per heavy atom. The molecule has 0 aromatic heterocycles. The highest BCUT2D eigenvalue weighted by Gasteiger charge is 2.01. The smallest absolute Gasteiger partial charge is 0.321 e. The van der Waals surface area contributed by atoms with E-state index in [9.17, 15) is 4.79 Å². The van der Waals surface area contributed by atoms with Crippen molar-refractivity contribution in [3.05, 3.63) is 30.3 Å². The van der Waals surface area contributed by atoms with Gasteiger partial charge in [-0.1, -0.05) is 18.2 Å². The lowest BCUT2D eigenvalue weighted by molar-refractivity contribution is 0.230. The number of benzene rings is 1. The number of nitrogens with zero attached hydrogens (tertiary/aromatic N) is 1. The molecule has 0 radical (unpaired) electrons.